The highest BCUT2D eigenvalue weighted by Gasteiger charge is 2.41. The third-order valence-corrected chi connectivity index (χ3v) is 24.8. The number of alkyl halides is 1. The van der Waals surface area contributed by atoms with Crippen LogP contribution in [0.3, 0.4) is 0 Å². The summed E-state index contributed by atoms with van der Waals surface area (Å²) in [6, 6.07) is 42.7. The Balaban J connectivity index is 0.000000325. The van der Waals surface area contributed by atoms with Crippen molar-refractivity contribution in [1.82, 2.24) is 4.90 Å². The summed E-state index contributed by atoms with van der Waals surface area (Å²) in [4.78, 5) is 13.5. The van der Waals surface area contributed by atoms with Crippen LogP contribution in [0.2, 0.25) is 60.3 Å². The molecule has 566 valence electrons. The van der Waals surface area contributed by atoms with Crippen LogP contribution in [0.5, 0.6) is 0 Å². The molecular weight excluding hydrogens is 1570 g/mol. The number of hydrogen-bond donors (Lipinski definition) is 2. The second kappa shape index (κ2) is 43.7. The fourth-order valence-corrected chi connectivity index (χ4v) is 15.8. The van der Waals surface area contributed by atoms with Crippen LogP contribution in [-0.2, 0) is 37.3 Å². The number of carbonyl (C=O) groups is 1. The summed E-state index contributed by atoms with van der Waals surface area (Å²) in [7, 11) is 4.25. The van der Waals surface area contributed by atoms with E-state index in [0.29, 0.717) is 144 Å². The van der Waals surface area contributed by atoms with Crippen molar-refractivity contribution in [1.29, 1.82) is 21.0 Å². The summed E-state index contributed by atoms with van der Waals surface area (Å²) < 4.78 is 13.2. The van der Waals surface area contributed by atoms with Crippen molar-refractivity contribution in [3.8, 4) is 24.3 Å². The molecule has 6 aliphatic carbocycles. The first kappa shape index (κ1) is 94.7. The van der Waals surface area contributed by atoms with Gasteiger partial charge in [0.05, 0.1) is 112 Å². The van der Waals surface area contributed by atoms with Gasteiger partial charge in [-0.1, -0.05) is 242 Å². The summed E-state index contributed by atoms with van der Waals surface area (Å²) >= 11 is 71.6. The van der Waals surface area contributed by atoms with Gasteiger partial charge in [-0.05, 0) is 242 Å². The highest BCUT2D eigenvalue weighted by molar-refractivity contribution is 6.44. The van der Waals surface area contributed by atoms with E-state index in [1.807, 2.05) is 60.7 Å². The van der Waals surface area contributed by atoms with Crippen LogP contribution in [0.25, 0.3) is 0 Å². The third-order valence-electron chi connectivity index (χ3n) is 20.4. The number of Topliss-reactive ketones (excluding diaryl/α,β-unsaturated/α-hetero) is 1. The quantitative estimate of drug-likeness (QED) is 0.135. The Hall–Kier alpha value is -4.54. The minimum absolute atomic E-state index is 0. The van der Waals surface area contributed by atoms with Crippen molar-refractivity contribution < 1.29 is 14.3 Å². The molecule has 0 saturated heterocycles. The molecule has 0 aromatic heterocycles. The minimum Gasteiger partial charge on any atom is -0.393 e. The zero-order valence-corrected chi connectivity index (χ0v) is 65.4. The van der Waals surface area contributed by atoms with Crippen LogP contribution >= 0.6 is 139 Å². The Morgan fingerprint density at radius 1 is 0.400 bits per heavy atom. The molecular formula is C84H97Cl12FN6O2. The number of allylic oxidation sites excluding steroid dienone is 6. The molecule has 0 radical (unpaired) electrons. The molecule has 0 heterocycles. The summed E-state index contributed by atoms with van der Waals surface area (Å²) in [6.45, 7) is 1.69. The summed E-state index contributed by atoms with van der Waals surface area (Å²) in [6.07, 6.45) is 27.9. The summed E-state index contributed by atoms with van der Waals surface area (Å²) in [5.41, 5.74) is 10.1. The number of aliphatic hydroxyl groups is 1. The molecule has 0 spiro atoms. The van der Waals surface area contributed by atoms with Gasteiger partial charge in [0.2, 0.25) is 0 Å². The molecule has 6 aromatic rings. The minimum atomic E-state index is -0.778. The molecule has 0 bridgehead atoms. The SMILES string of the molecule is C.C.C.C.CN(C)CC1(c2ccc(Cl)c(Cl)c2)CC=CCC1.N#CC1(c2ccc(Cl)c(Cl)c2)CC=CCC1.N#CC1(c2ccc(Cl)c(Cl)c2)CCC(=O)CC1.N#CC1(c2ccc(Cl)c(Cl)c2)CCC(F)CC1.N#CC1(c2ccc(Cl)c(Cl)c2)CCC(O)CC1.NCC1(c2ccc(Cl)c(Cl)c2)CC=CCC1. The number of hydrogen-bond acceptors (Lipinski definition) is 8. The first-order valence-electron chi connectivity index (χ1n) is 33.6. The van der Waals surface area contributed by atoms with Crippen LogP contribution in [0, 0.1) is 45.3 Å². The fourth-order valence-electron chi connectivity index (χ4n) is 14.1. The van der Waals surface area contributed by atoms with Gasteiger partial charge in [-0.3, -0.25) is 4.79 Å². The van der Waals surface area contributed by atoms with Gasteiger partial charge in [-0.15, -0.1) is 0 Å². The number of nitrogens with two attached hydrogens (primary N) is 1. The predicted molar refractivity (Wildman–Crippen MR) is 446 cm³/mol. The first-order valence-corrected chi connectivity index (χ1v) is 38.2. The lowest BCUT2D eigenvalue weighted by Crippen LogP contribution is -2.38. The lowest BCUT2D eigenvalue weighted by Gasteiger charge is -2.38. The van der Waals surface area contributed by atoms with Gasteiger partial charge in [0.1, 0.15) is 12.0 Å². The average molecular weight is 1670 g/mol. The van der Waals surface area contributed by atoms with E-state index in [-0.39, 0.29) is 52.4 Å². The molecule has 12 rings (SSSR count). The Morgan fingerprint density at radius 2 is 0.686 bits per heavy atom. The lowest BCUT2D eigenvalue weighted by atomic mass is 9.70. The number of benzene rings is 6. The maximum absolute atomic E-state index is 13.2. The number of ketones is 1. The average Bonchev–Trinajstić information content (AvgIpc) is 0.792. The monoisotopic (exact) mass is 1660 g/mol. The van der Waals surface area contributed by atoms with E-state index in [0.717, 1.165) is 80.2 Å². The molecule has 21 heteroatoms. The maximum Gasteiger partial charge on any atom is 0.133 e. The largest absolute Gasteiger partial charge is 0.393 e. The van der Waals surface area contributed by atoms with Crippen molar-refractivity contribution in [2.75, 3.05) is 27.2 Å². The van der Waals surface area contributed by atoms with Gasteiger partial charge in [0, 0.05) is 36.8 Å². The van der Waals surface area contributed by atoms with Crippen LogP contribution in [-0.4, -0.2) is 55.3 Å². The molecule has 3 unspecified atom stereocenters. The topological polar surface area (TPSA) is 162 Å². The van der Waals surface area contributed by atoms with Crippen LogP contribution in [0.15, 0.2) is 146 Å². The van der Waals surface area contributed by atoms with Crippen molar-refractivity contribution in [2.24, 2.45) is 5.73 Å². The molecule has 8 nitrogen and oxygen atoms in total. The number of nitrogens with zero attached hydrogens (tertiary/aromatic N) is 5. The van der Waals surface area contributed by atoms with E-state index in [9.17, 15) is 35.3 Å². The van der Waals surface area contributed by atoms with E-state index in [2.05, 4.69) is 85.8 Å². The van der Waals surface area contributed by atoms with Crippen molar-refractivity contribution >= 4 is 145 Å². The van der Waals surface area contributed by atoms with Gasteiger partial charge < -0.3 is 15.7 Å². The van der Waals surface area contributed by atoms with Gasteiger partial charge in [-0.2, -0.15) is 21.0 Å². The zero-order valence-electron chi connectivity index (χ0n) is 56.4. The highest BCUT2D eigenvalue weighted by Crippen LogP contribution is 2.46. The third kappa shape index (κ3) is 24.7. The summed E-state index contributed by atoms with van der Waals surface area (Å²) in [5.74, 6) is 0.232. The van der Waals surface area contributed by atoms with Crippen molar-refractivity contribution in [3.63, 3.8) is 0 Å². The van der Waals surface area contributed by atoms with Crippen LogP contribution in [0.4, 0.5) is 4.39 Å². The van der Waals surface area contributed by atoms with Gasteiger partial charge in [0.15, 0.2) is 0 Å². The molecule has 3 fully saturated rings. The van der Waals surface area contributed by atoms with Crippen LogP contribution < -0.4 is 5.73 Å². The Kier molecular flexibility index (Phi) is 39.4. The first-order chi connectivity index (χ1) is 48.1. The van der Waals surface area contributed by atoms with Gasteiger partial charge >= 0.3 is 0 Å². The number of aliphatic hydroxyl groups excluding tert-OH is 1. The summed E-state index contributed by atoms with van der Waals surface area (Å²) in [5, 5.41) is 53.5. The smallest absolute Gasteiger partial charge is 0.133 e. The number of rotatable bonds is 9. The Labute approximate surface area is 685 Å². The Morgan fingerprint density at radius 3 is 0.981 bits per heavy atom. The molecule has 0 amide bonds. The molecule has 3 saturated carbocycles. The Bertz CT molecular complexity index is 4020. The molecule has 3 atom stereocenters. The number of likely N-dealkylation sites (N-methyl/N-ethyl adjacent to an activating group) is 1. The lowest BCUT2D eigenvalue weighted by molar-refractivity contribution is -0.121. The van der Waals surface area contributed by atoms with Crippen molar-refractivity contribution in [3.05, 3.63) is 239 Å². The van der Waals surface area contributed by atoms with Crippen LogP contribution in [0.1, 0.15) is 198 Å². The van der Waals surface area contributed by atoms with E-state index < -0.39 is 27.8 Å². The predicted octanol–water partition coefficient (Wildman–Crippen LogP) is 27.8. The number of halogens is 13. The maximum atomic E-state index is 13.2. The van der Waals surface area contributed by atoms with E-state index in [4.69, 9.17) is 145 Å². The standard InChI is InChI=1S/C15H19Cl2N.C13H12Cl2FN.C13H13Cl2NO.C13H11Cl2NO.C13H15Cl2N.C13H11Cl2N.4CH4/c1-18(2)11-15(8-4-3-5-9-15)12-6-7-13(16)14(17)10-12;14-11-2-1-9(7-12(11)15)13(8-17)5-3-10(16)4-6-13;2*14-11-2-1-9(7-12(11)15)13(8-16)5-3-10(17)4-6-13;2*14-11-5-4-10(8-12(11)15)13(9-16)6-2-1-3-7-13;;;;/h3-4,6-7,10H,5,8-9,11H2,1-2H3;1-2,7,10H,3-6H2;1-2,7,10,17H,3-6H2;1-2,7H,3-6H2;1-2,4-5,8H,3,6-7,9,16H2;1-2,4-5,8H,3,6-7H2;4*1H4. The molecule has 0 aliphatic heterocycles. The van der Waals surface area contributed by atoms with Gasteiger partial charge in [0.25, 0.3) is 0 Å². The second-order valence-corrected chi connectivity index (χ2v) is 32.0. The fraction of sp³-hybridized carbons (Fsp3) is 0.440. The van der Waals surface area contributed by atoms with E-state index >= 15 is 0 Å². The highest BCUT2D eigenvalue weighted by atomic mass is 35.5. The van der Waals surface area contributed by atoms with E-state index in [1.54, 1.807) is 42.5 Å². The number of nitriles is 4. The van der Waals surface area contributed by atoms with E-state index in [1.165, 1.54) is 17.5 Å². The second-order valence-electron chi connectivity index (χ2n) is 27.1. The molecule has 3 N–H and O–H groups in total. The molecule has 6 aliphatic rings. The molecule has 105 heavy (non-hydrogen) atoms. The normalized spacial score (nSPS) is 23.8. The zero-order chi connectivity index (χ0) is 73.8. The molecule has 6 aromatic carbocycles. The number of carbonyl (C=O) groups excluding carboxylic acids is 1. The van der Waals surface area contributed by atoms with Gasteiger partial charge in [-0.25, -0.2) is 4.39 Å². The van der Waals surface area contributed by atoms with Crippen molar-refractivity contribution in [2.45, 2.75) is 209 Å².